The number of hydrogen-bond donors (Lipinski definition) is 2. The molecular weight excluding hydrogens is 361 g/mol. The molecule has 1 atom stereocenters. The Morgan fingerprint density at radius 2 is 2.08 bits per heavy atom. The van der Waals surface area contributed by atoms with E-state index in [9.17, 15) is 14.0 Å². The maximum Gasteiger partial charge on any atom is 0.340 e. The van der Waals surface area contributed by atoms with Gasteiger partial charge in [0.1, 0.15) is 11.6 Å². The molecule has 0 aliphatic heterocycles. The van der Waals surface area contributed by atoms with Gasteiger partial charge in [-0.05, 0) is 50.1 Å². The Morgan fingerprint density at radius 3 is 2.69 bits per heavy atom. The Balaban J connectivity index is 1.56. The second-order valence-electron chi connectivity index (χ2n) is 6.01. The molecule has 1 aromatic carbocycles. The predicted octanol–water partition coefficient (Wildman–Crippen LogP) is 3.63. The number of amides is 1. The molecule has 0 spiro atoms. The van der Waals surface area contributed by atoms with Crippen LogP contribution in [0.25, 0.3) is 0 Å². The first-order valence-electron chi connectivity index (χ1n) is 8.12. The summed E-state index contributed by atoms with van der Waals surface area (Å²) in [4.78, 5) is 28.3. The van der Waals surface area contributed by atoms with Gasteiger partial charge in [-0.2, -0.15) is 0 Å². The number of esters is 1. The van der Waals surface area contributed by atoms with Gasteiger partial charge < -0.3 is 15.4 Å². The molecule has 0 radical (unpaired) electrons. The second-order valence-corrected chi connectivity index (χ2v) is 6.45. The fourth-order valence-electron chi connectivity index (χ4n) is 2.14. The smallest absolute Gasteiger partial charge is 0.340 e. The minimum Gasteiger partial charge on any atom is -0.449 e. The summed E-state index contributed by atoms with van der Waals surface area (Å²) in [6.45, 7) is 1.40. The monoisotopic (exact) mass is 377 g/mol. The van der Waals surface area contributed by atoms with E-state index in [0.29, 0.717) is 11.9 Å². The van der Waals surface area contributed by atoms with Gasteiger partial charge in [0.05, 0.1) is 11.3 Å². The van der Waals surface area contributed by atoms with Crippen molar-refractivity contribution in [3.8, 4) is 0 Å². The maximum absolute atomic E-state index is 13.7. The van der Waals surface area contributed by atoms with Crippen LogP contribution >= 0.6 is 11.6 Å². The van der Waals surface area contributed by atoms with Crippen LogP contribution in [0.15, 0.2) is 36.5 Å². The normalized spacial score (nSPS) is 14.4. The molecule has 1 heterocycles. The van der Waals surface area contributed by atoms with E-state index in [0.717, 1.165) is 18.9 Å². The lowest BCUT2D eigenvalue weighted by Crippen LogP contribution is -2.30. The van der Waals surface area contributed by atoms with E-state index in [1.165, 1.54) is 25.3 Å². The molecule has 6 nitrogen and oxygen atoms in total. The molecular formula is C18H17ClFN3O3. The number of pyridine rings is 1. The van der Waals surface area contributed by atoms with Crippen molar-refractivity contribution in [3.63, 3.8) is 0 Å². The van der Waals surface area contributed by atoms with Crippen molar-refractivity contribution in [2.45, 2.75) is 31.9 Å². The molecule has 1 aliphatic carbocycles. The highest BCUT2D eigenvalue weighted by molar-refractivity contribution is 6.30. The van der Waals surface area contributed by atoms with Crippen LogP contribution in [0.4, 0.5) is 15.9 Å². The molecule has 1 fully saturated rings. The Bertz CT molecular complexity index is 825. The summed E-state index contributed by atoms with van der Waals surface area (Å²) in [7, 11) is 0. The summed E-state index contributed by atoms with van der Waals surface area (Å²) in [6.07, 6.45) is 2.51. The van der Waals surface area contributed by atoms with E-state index < -0.39 is 23.8 Å². The standard InChI is InChI=1S/C18H17ClFN3O3/c1-10(17(24)23-15-6-3-12(19)8-14(15)20)26-18(25)11-2-7-16(21-9-11)22-13-4-5-13/h2-3,6-10,13H,4-5H2,1H3,(H,21,22)(H,23,24). The highest BCUT2D eigenvalue weighted by Crippen LogP contribution is 2.23. The van der Waals surface area contributed by atoms with Gasteiger partial charge in [-0.1, -0.05) is 11.6 Å². The van der Waals surface area contributed by atoms with Gasteiger partial charge in [0.2, 0.25) is 0 Å². The van der Waals surface area contributed by atoms with Crippen LogP contribution in [0.2, 0.25) is 5.02 Å². The van der Waals surface area contributed by atoms with Gasteiger partial charge in [0.15, 0.2) is 6.10 Å². The third-order valence-corrected chi connectivity index (χ3v) is 4.01. The zero-order chi connectivity index (χ0) is 18.7. The quantitative estimate of drug-likeness (QED) is 0.751. The molecule has 2 aromatic rings. The number of carbonyl (C=O) groups is 2. The van der Waals surface area contributed by atoms with Gasteiger partial charge >= 0.3 is 5.97 Å². The molecule has 3 rings (SSSR count). The van der Waals surface area contributed by atoms with E-state index in [4.69, 9.17) is 16.3 Å². The van der Waals surface area contributed by atoms with Crippen molar-refractivity contribution in [2.75, 3.05) is 10.6 Å². The Kier molecular flexibility index (Phi) is 5.37. The van der Waals surface area contributed by atoms with Crippen molar-refractivity contribution in [1.29, 1.82) is 0 Å². The zero-order valence-corrected chi connectivity index (χ0v) is 14.7. The number of halogens is 2. The lowest BCUT2D eigenvalue weighted by molar-refractivity contribution is -0.123. The van der Waals surface area contributed by atoms with E-state index in [-0.39, 0.29) is 16.3 Å². The molecule has 136 valence electrons. The third kappa shape index (κ3) is 4.70. The first kappa shape index (κ1) is 18.1. The number of anilines is 2. The van der Waals surface area contributed by atoms with Crippen molar-refractivity contribution in [1.82, 2.24) is 4.98 Å². The average molecular weight is 378 g/mol. The summed E-state index contributed by atoms with van der Waals surface area (Å²) < 4.78 is 18.8. The van der Waals surface area contributed by atoms with Crippen LogP contribution in [0.5, 0.6) is 0 Å². The number of ether oxygens (including phenoxy) is 1. The molecule has 26 heavy (non-hydrogen) atoms. The number of nitrogens with zero attached hydrogens (tertiary/aromatic N) is 1. The first-order chi connectivity index (χ1) is 12.4. The SMILES string of the molecule is CC(OC(=O)c1ccc(NC2CC2)nc1)C(=O)Nc1ccc(Cl)cc1F. The van der Waals surface area contributed by atoms with Gasteiger partial charge in [0, 0.05) is 17.3 Å². The number of aromatic nitrogens is 1. The lowest BCUT2D eigenvalue weighted by atomic mass is 10.2. The Hall–Kier alpha value is -2.67. The minimum atomic E-state index is -1.11. The van der Waals surface area contributed by atoms with Gasteiger partial charge in [-0.15, -0.1) is 0 Å². The number of hydrogen-bond acceptors (Lipinski definition) is 5. The van der Waals surface area contributed by atoms with Crippen LogP contribution < -0.4 is 10.6 Å². The van der Waals surface area contributed by atoms with Crippen LogP contribution in [0, 0.1) is 5.82 Å². The molecule has 8 heteroatoms. The largest absolute Gasteiger partial charge is 0.449 e. The van der Waals surface area contributed by atoms with Crippen LogP contribution in [0.1, 0.15) is 30.1 Å². The Labute approximate surface area is 154 Å². The van der Waals surface area contributed by atoms with Crippen LogP contribution in [0.3, 0.4) is 0 Å². The molecule has 0 saturated heterocycles. The molecule has 1 aromatic heterocycles. The summed E-state index contributed by atoms with van der Waals surface area (Å²) in [6, 6.07) is 7.57. The molecule has 1 amide bonds. The molecule has 0 bridgehead atoms. The summed E-state index contributed by atoms with van der Waals surface area (Å²) in [5, 5.41) is 5.78. The van der Waals surface area contributed by atoms with Crippen LogP contribution in [-0.4, -0.2) is 29.0 Å². The fourth-order valence-corrected chi connectivity index (χ4v) is 2.30. The number of rotatable bonds is 6. The highest BCUT2D eigenvalue weighted by Gasteiger charge is 2.22. The first-order valence-corrected chi connectivity index (χ1v) is 8.49. The van der Waals surface area contributed by atoms with Gasteiger partial charge in [-0.3, -0.25) is 4.79 Å². The van der Waals surface area contributed by atoms with Crippen molar-refractivity contribution in [2.24, 2.45) is 0 Å². The zero-order valence-electron chi connectivity index (χ0n) is 14.0. The van der Waals surface area contributed by atoms with E-state index >= 15 is 0 Å². The van der Waals surface area contributed by atoms with Crippen LogP contribution in [-0.2, 0) is 9.53 Å². The highest BCUT2D eigenvalue weighted by atomic mass is 35.5. The van der Waals surface area contributed by atoms with E-state index in [1.807, 2.05) is 0 Å². The summed E-state index contributed by atoms with van der Waals surface area (Å²) in [5.41, 5.74) is 0.183. The van der Waals surface area contributed by atoms with Crippen molar-refractivity contribution in [3.05, 3.63) is 52.9 Å². The number of benzene rings is 1. The van der Waals surface area contributed by atoms with Gasteiger partial charge in [0.25, 0.3) is 5.91 Å². The minimum absolute atomic E-state index is 0.0422. The molecule has 1 unspecified atom stereocenters. The Morgan fingerprint density at radius 1 is 1.31 bits per heavy atom. The van der Waals surface area contributed by atoms with E-state index in [1.54, 1.807) is 12.1 Å². The third-order valence-electron chi connectivity index (χ3n) is 3.77. The fraction of sp³-hybridized carbons (Fsp3) is 0.278. The topological polar surface area (TPSA) is 80.3 Å². The van der Waals surface area contributed by atoms with Crippen molar-refractivity contribution >= 4 is 35.0 Å². The average Bonchev–Trinajstić information content (AvgIpc) is 3.41. The van der Waals surface area contributed by atoms with Crippen molar-refractivity contribution < 1.29 is 18.7 Å². The molecule has 2 N–H and O–H groups in total. The summed E-state index contributed by atoms with van der Waals surface area (Å²) in [5.74, 6) is -1.32. The van der Waals surface area contributed by atoms with Gasteiger partial charge in [-0.25, -0.2) is 14.2 Å². The van der Waals surface area contributed by atoms with E-state index in [2.05, 4.69) is 15.6 Å². The molecule has 1 saturated carbocycles. The lowest BCUT2D eigenvalue weighted by Gasteiger charge is -2.14. The maximum atomic E-state index is 13.7. The predicted molar refractivity (Wildman–Crippen MR) is 95.8 cm³/mol. The number of carbonyl (C=O) groups excluding carboxylic acids is 2. The number of nitrogens with one attached hydrogen (secondary N) is 2. The second kappa shape index (κ2) is 7.70. The summed E-state index contributed by atoms with van der Waals surface area (Å²) >= 11 is 5.66. The molecule has 1 aliphatic rings.